The highest BCUT2D eigenvalue weighted by Crippen LogP contribution is 2.11. The first-order valence-corrected chi connectivity index (χ1v) is 2.96. The van der Waals surface area contributed by atoms with E-state index in [1.807, 2.05) is 6.08 Å². The monoisotopic (exact) mass is 131 g/mol. The van der Waals surface area contributed by atoms with Gasteiger partial charge in [-0.3, -0.25) is 5.41 Å². The smallest absolute Gasteiger partial charge is 0.117 e. The van der Waals surface area contributed by atoms with Crippen LogP contribution < -0.4 is 0 Å². The number of aliphatic imine (C=N–C) groups is 2. The maximum absolute atomic E-state index is 7.38. The van der Waals surface area contributed by atoms with Crippen LogP contribution in [0.5, 0.6) is 0 Å². The van der Waals surface area contributed by atoms with Crippen molar-refractivity contribution in [2.45, 2.75) is 0 Å². The Balaban J connectivity index is 2.54. The summed E-state index contributed by atoms with van der Waals surface area (Å²) in [5.41, 5.74) is 1.92. The maximum atomic E-state index is 7.38. The second kappa shape index (κ2) is 1.73. The van der Waals surface area contributed by atoms with Crippen LogP contribution in [0.1, 0.15) is 0 Å². The van der Waals surface area contributed by atoms with Gasteiger partial charge in [-0.05, 0) is 12.2 Å². The van der Waals surface area contributed by atoms with Crippen LogP contribution in [-0.2, 0) is 0 Å². The third kappa shape index (κ3) is 0.572. The molecule has 0 atom stereocenters. The van der Waals surface area contributed by atoms with Crippen LogP contribution in [0.15, 0.2) is 33.9 Å². The lowest BCUT2D eigenvalue weighted by atomic mass is 10.1. The summed E-state index contributed by atoms with van der Waals surface area (Å²) in [6.45, 7) is 0. The first kappa shape index (κ1) is 5.29. The molecule has 10 heavy (non-hydrogen) atoms. The number of hydrogen-bond donors (Lipinski definition) is 1. The second-order valence-electron chi connectivity index (χ2n) is 2.05. The molecule has 0 spiro atoms. The zero-order valence-corrected chi connectivity index (χ0v) is 5.20. The molecule has 0 saturated carbocycles. The zero-order valence-electron chi connectivity index (χ0n) is 5.20. The van der Waals surface area contributed by atoms with Crippen molar-refractivity contribution < 1.29 is 0 Å². The number of rotatable bonds is 0. The summed E-state index contributed by atoms with van der Waals surface area (Å²) in [6.07, 6.45) is 6.83. The van der Waals surface area contributed by atoms with E-state index in [1.165, 1.54) is 6.34 Å². The SMILES string of the molecule is N=C1C=CC=C2N=CN=C12. The van der Waals surface area contributed by atoms with Crippen molar-refractivity contribution in [2.75, 3.05) is 0 Å². The molecule has 2 rings (SSSR count). The predicted octanol–water partition coefficient (Wildman–Crippen LogP) is 0.943. The number of allylic oxidation sites excluding steroid dienone is 4. The summed E-state index contributed by atoms with van der Waals surface area (Å²) in [6, 6.07) is 0. The highest BCUT2D eigenvalue weighted by atomic mass is 15.0. The normalized spacial score (nSPS) is 20.6. The molecule has 0 fully saturated rings. The van der Waals surface area contributed by atoms with E-state index < -0.39 is 0 Å². The molecule has 1 aliphatic carbocycles. The molecule has 0 saturated heterocycles. The van der Waals surface area contributed by atoms with E-state index in [4.69, 9.17) is 5.41 Å². The van der Waals surface area contributed by atoms with Gasteiger partial charge >= 0.3 is 0 Å². The standard InChI is InChI=1S/C7H5N3/c8-5-2-1-3-6-7(5)10-4-9-6/h1-4,8H. The van der Waals surface area contributed by atoms with Gasteiger partial charge in [0, 0.05) is 0 Å². The van der Waals surface area contributed by atoms with Crippen molar-refractivity contribution in [2.24, 2.45) is 9.98 Å². The Labute approximate surface area is 58.0 Å². The van der Waals surface area contributed by atoms with Gasteiger partial charge in [0.1, 0.15) is 12.1 Å². The van der Waals surface area contributed by atoms with Crippen LogP contribution in [0.3, 0.4) is 0 Å². The Kier molecular flexibility index (Phi) is 0.917. The summed E-state index contributed by atoms with van der Waals surface area (Å²) in [5.74, 6) is 0. The minimum atomic E-state index is 0.440. The third-order valence-corrected chi connectivity index (χ3v) is 1.40. The Morgan fingerprint density at radius 1 is 1.40 bits per heavy atom. The van der Waals surface area contributed by atoms with Crippen LogP contribution in [0.25, 0.3) is 0 Å². The van der Waals surface area contributed by atoms with Crippen LogP contribution in [0.2, 0.25) is 0 Å². The van der Waals surface area contributed by atoms with Crippen molar-refractivity contribution in [1.82, 2.24) is 0 Å². The molecule has 2 aliphatic rings. The molecule has 0 unspecified atom stereocenters. The lowest BCUT2D eigenvalue weighted by molar-refractivity contribution is 1.48. The number of nitrogens with one attached hydrogen (secondary N) is 1. The van der Waals surface area contributed by atoms with Crippen molar-refractivity contribution in [1.29, 1.82) is 5.41 Å². The average Bonchev–Trinajstić information content (AvgIpc) is 2.36. The molecule has 1 N–H and O–H groups in total. The van der Waals surface area contributed by atoms with E-state index in [0.29, 0.717) is 11.4 Å². The van der Waals surface area contributed by atoms with Gasteiger partial charge in [0.05, 0.1) is 11.4 Å². The van der Waals surface area contributed by atoms with Crippen molar-refractivity contribution in [3.8, 4) is 0 Å². The zero-order chi connectivity index (χ0) is 6.97. The molecule has 3 nitrogen and oxygen atoms in total. The summed E-state index contributed by atoms with van der Waals surface area (Å²) in [7, 11) is 0. The number of hydrogen-bond acceptors (Lipinski definition) is 3. The number of fused-ring (bicyclic) bond motifs is 1. The molecule has 0 bridgehead atoms. The highest BCUT2D eigenvalue weighted by molar-refractivity contribution is 6.53. The Morgan fingerprint density at radius 2 is 2.30 bits per heavy atom. The fraction of sp³-hybridized carbons (Fsp3) is 0. The van der Waals surface area contributed by atoms with Gasteiger partial charge in [-0.1, -0.05) is 6.08 Å². The summed E-state index contributed by atoms with van der Waals surface area (Å²) in [5, 5.41) is 7.38. The molecule has 48 valence electrons. The average molecular weight is 131 g/mol. The van der Waals surface area contributed by atoms with E-state index in [1.54, 1.807) is 12.2 Å². The fourth-order valence-electron chi connectivity index (χ4n) is 0.920. The van der Waals surface area contributed by atoms with Crippen molar-refractivity contribution in [3.05, 3.63) is 23.9 Å². The Morgan fingerprint density at radius 3 is 3.10 bits per heavy atom. The summed E-state index contributed by atoms with van der Waals surface area (Å²) >= 11 is 0. The minimum Gasteiger partial charge on any atom is -0.299 e. The van der Waals surface area contributed by atoms with Crippen LogP contribution in [0.4, 0.5) is 0 Å². The quantitative estimate of drug-likeness (QED) is 0.476. The topological polar surface area (TPSA) is 48.6 Å². The molecular formula is C7H5N3. The summed E-state index contributed by atoms with van der Waals surface area (Å²) in [4.78, 5) is 7.87. The number of nitrogens with zero attached hydrogens (tertiary/aromatic N) is 2. The molecule has 0 aromatic rings. The fourth-order valence-corrected chi connectivity index (χ4v) is 0.920. The molecule has 0 amide bonds. The Bertz CT molecular complexity index is 299. The third-order valence-electron chi connectivity index (χ3n) is 1.40. The lowest BCUT2D eigenvalue weighted by Crippen LogP contribution is -2.12. The van der Waals surface area contributed by atoms with Crippen LogP contribution in [0, 0.1) is 5.41 Å². The van der Waals surface area contributed by atoms with E-state index in [9.17, 15) is 0 Å². The first-order valence-electron chi connectivity index (χ1n) is 2.96. The second-order valence-corrected chi connectivity index (χ2v) is 2.05. The van der Waals surface area contributed by atoms with Gasteiger partial charge in [0.25, 0.3) is 0 Å². The van der Waals surface area contributed by atoms with E-state index >= 15 is 0 Å². The van der Waals surface area contributed by atoms with Crippen molar-refractivity contribution >= 4 is 17.8 Å². The van der Waals surface area contributed by atoms with Gasteiger partial charge in [0.2, 0.25) is 0 Å². The minimum absolute atomic E-state index is 0.440. The largest absolute Gasteiger partial charge is 0.299 e. The van der Waals surface area contributed by atoms with Gasteiger partial charge in [-0.25, -0.2) is 9.98 Å². The lowest BCUT2D eigenvalue weighted by Gasteiger charge is -2.01. The molecule has 0 aromatic carbocycles. The molecule has 3 heteroatoms. The molecular weight excluding hydrogens is 126 g/mol. The van der Waals surface area contributed by atoms with Gasteiger partial charge < -0.3 is 0 Å². The van der Waals surface area contributed by atoms with Crippen LogP contribution in [-0.4, -0.2) is 17.8 Å². The van der Waals surface area contributed by atoms with Gasteiger partial charge in [-0.15, -0.1) is 0 Å². The molecule has 0 radical (unpaired) electrons. The molecule has 0 aromatic heterocycles. The summed E-state index contributed by atoms with van der Waals surface area (Å²) < 4.78 is 0. The molecule has 1 heterocycles. The van der Waals surface area contributed by atoms with E-state index in [-0.39, 0.29) is 0 Å². The van der Waals surface area contributed by atoms with E-state index in [0.717, 1.165) is 5.70 Å². The van der Waals surface area contributed by atoms with Gasteiger partial charge in [-0.2, -0.15) is 0 Å². The van der Waals surface area contributed by atoms with E-state index in [2.05, 4.69) is 9.98 Å². The van der Waals surface area contributed by atoms with Crippen molar-refractivity contribution in [3.63, 3.8) is 0 Å². The predicted molar refractivity (Wildman–Crippen MR) is 40.9 cm³/mol. The highest BCUT2D eigenvalue weighted by Gasteiger charge is 2.14. The van der Waals surface area contributed by atoms with Crippen LogP contribution >= 0.6 is 0 Å². The maximum Gasteiger partial charge on any atom is 0.117 e. The van der Waals surface area contributed by atoms with Gasteiger partial charge in [0.15, 0.2) is 0 Å². The Hall–Kier alpha value is -1.51. The molecule has 1 aliphatic heterocycles. The first-order chi connectivity index (χ1) is 4.88.